The number of benzene rings is 2. The van der Waals surface area contributed by atoms with Gasteiger partial charge in [-0.1, -0.05) is 30.3 Å². The summed E-state index contributed by atoms with van der Waals surface area (Å²) in [5.41, 5.74) is 0.588. The van der Waals surface area contributed by atoms with Gasteiger partial charge in [0, 0.05) is 19.7 Å². The molecule has 0 saturated heterocycles. The Morgan fingerprint density at radius 1 is 1.11 bits per heavy atom. The van der Waals surface area contributed by atoms with Crippen LogP contribution in [-0.4, -0.2) is 37.4 Å². The first-order valence-corrected chi connectivity index (χ1v) is 6.06. The highest BCUT2D eigenvalue weighted by atomic mass is 16.2. The molecule has 0 bridgehead atoms. The lowest BCUT2D eigenvalue weighted by molar-refractivity contribution is -0.121. The standard InChI is InChI=1S/C15H16N2O2/c1-16-14(18)10-17(2)15(19)13-8-7-11-5-3-4-6-12(11)9-13/h3-9H,10H2,1-2H3,(H,16,18). The molecule has 0 atom stereocenters. The van der Waals surface area contributed by atoms with Crippen LogP contribution in [0.2, 0.25) is 0 Å². The number of carbonyl (C=O) groups excluding carboxylic acids is 2. The maximum atomic E-state index is 12.2. The van der Waals surface area contributed by atoms with Gasteiger partial charge in [-0.15, -0.1) is 0 Å². The Labute approximate surface area is 112 Å². The highest BCUT2D eigenvalue weighted by molar-refractivity contribution is 5.99. The molecule has 1 N–H and O–H groups in total. The molecule has 0 aromatic heterocycles. The summed E-state index contributed by atoms with van der Waals surface area (Å²) >= 11 is 0. The highest BCUT2D eigenvalue weighted by Crippen LogP contribution is 2.16. The second kappa shape index (κ2) is 5.52. The molecule has 0 unspecified atom stereocenters. The fraction of sp³-hybridized carbons (Fsp3) is 0.200. The van der Waals surface area contributed by atoms with Crippen molar-refractivity contribution in [3.63, 3.8) is 0 Å². The van der Waals surface area contributed by atoms with E-state index in [1.807, 2.05) is 36.4 Å². The van der Waals surface area contributed by atoms with Crippen LogP contribution in [0.25, 0.3) is 10.8 Å². The Bertz CT molecular complexity index is 622. The minimum Gasteiger partial charge on any atom is -0.358 e. The van der Waals surface area contributed by atoms with Crippen LogP contribution in [0.4, 0.5) is 0 Å². The zero-order valence-corrected chi connectivity index (χ0v) is 11.0. The van der Waals surface area contributed by atoms with Gasteiger partial charge in [0.05, 0.1) is 6.54 Å². The predicted octanol–water partition coefficient (Wildman–Crippen LogP) is 1.66. The molecule has 0 spiro atoms. The molecule has 19 heavy (non-hydrogen) atoms. The van der Waals surface area contributed by atoms with Gasteiger partial charge in [0.25, 0.3) is 5.91 Å². The molecular formula is C15H16N2O2. The van der Waals surface area contributed by atoms with E-state index >= 15 is 0 Å². The van der Waals surface area contributed by atoms with Crippen LogP contribution in [0.3, 0.4) is 0 Å². The summed E-state index contributed by atoms with van der Waals surface area (Å²) < 4.78 is 0. The lowest BCUT2D eigenvalue weighted by atomic mass is 10.1. The van der Waals surface area contributed by atoms with Crippen molar-refractivity contribution in [1.29, 1.82) is 0 Å². The van der Waals surface area contributed by atoms with Gasteiger partial charge in [-0.3, -0.25) is 9.59 Å². The molecule has 0 aliphatic heterocycles. The van der Waals surface area contributed by atoms with Crippen LogP contribution in [0.1, 0.15) is 10.4 Å². The van der Waals surface area contributed by atoms with E-state index in [0.29, 0.717) is 5.56 Å². The summed E-state index contributed by atoms with van der Waals surface area (Å²) in [5.74, 6) is -0.342. The maximum absolute atomic E-state index is 12.2. The third-order valence-corrected chi connectivity index (χ3v) is 3.00. The molecule has 2 aromatic carbocycles. The third-order valence-electron chi connectivity index (χ3n) is 3.00. The molecule has 2 amide bonds. The first kappa shape index (κ1) is 13.1. The smallest absolute Gasteiger partial charge is 0.254 e. The van der Waals surface area contributed by atoms with Gasteiger partial charge in [-0.05, 0) is 22.9 Å². The van der Waals surface area contributed by atoms with E-state index in [0.717, 1.165) is 10.8 Å². The van der Waals surface area contributed by atoms with Crippen LogP contribution in [0.15, 0.2) is 42.5 Å². The molecule has 4 nitrogen and oxygen atoms in total. The van der Waals surface area contributed by atoms with Gasteiger partial charge in [0.2, 0.25) is 5.91 Å². The summed E-state index contributed by atoms with van der Waals surface area (Å²) in [5, 5.41) is 4.61. The molecule has 0 saturated carbocycles. The van der Waals surface area contributed by atoms with Crippen LogP contribution in [-0.2, 0) is 4.79 Å². The number of hydrogen-bond acceptors (Lipinski definition) is 2. The third kappa shape index (κ3) is 2.91. The van der Waals surface area contributed by atoms with Crippen molar-refractivity contribution in [3.05, 3.63) is 48.0 Å². The minimum atomic E-state index is -0.184. The van der Waals surface area contributed by atoms with Gasteiger partial charge < -0.3 is 10.2 Å². The van der Waals surface area contributed by atoms with Crippen molar-refractivity contribution in [3.8, 4) is 0 Å². The average Bonchev–Trinajstić information content (AvgIpc) is 2.45. The number of likely N-dealkylation sites (N-methyl/N-ethyl adjacent to an activating group) is 2. The predicted molar refractivity (Wildman–Crippen MR) is 75.0 cm³/mol. The van der Waals surface area contributed by atoms with Crippen molar-refractivity contribution < 1.29 is 9.59 Å². The number of carbonyl (C=O) groups is 2. The lowest BCUT2D eigenvalue weighted by Crippen LogP contribution is -2.36. The molecule has 0 heterocycles. The summed E-state index contributed by atoms with van der Waals surface area (Å²) in [4.78, 5) is 24.9. The first-order chi connectivity index (χ1) is 9.11. The van der Waals surface area contributed by atoms with Crippen LogP contribution < -0.4 is 5.32 Å². The zero-order chi connectivity index (χ0) is 13.8. The summed E-state index contributed by atoms with van der Waals surface area (Å²) in [7, 11) is 3.17. The molecular weight excluding hydrogens is 240 g/mol. The van der Waals surface area contributed by atoms with Crippen molar-refractivity contribution >= 4 is 22.6 Å². The van der Waals surface area contributed by atoms with E-state index in [1.54, 1.807) is 20.2 Å². The Hall–Kier alpha value is -2.36. The molecule has 0 aliphatic carbocycles. The topological polar surface area (TPSA) is 49.4 Å². The van der Waals surface area contributed by atoms with Gasteiger partial charge >= 0.3 is 0 Å². The number of fused-ring (bicyclic) bond motifs is 1. The van der Waals surface area contributed by atoms with Gasteiger partial charge in [-0.2, -0.15) is 0 Å². The largest absolute Gasteiger partial charge is 0.358 e. The molecule has 2 rings (SSSR count). The van der Waals surface area contributed by atoms with E-state index in [-0.39, 0.29) is 18.4 Å². The number of nitrogens with zero attached hydrogens (tertiary/aromatic N) is 1. The Kier molecular flexibility index (Phi) is 3.80. The Balaban J connectivity index is 2.23. The fourth-order valence-corrected chi connectivity index (χ4v) is 1.91. The van der Waals surface area contributed by atoms with E-state index in [9.17, 15) is 9.59 Å². The van der Waals surface area contributed by atoms with E-state index < -0.39 is 0 Å². The van der Waals surface area contributed by atoms with Crippen molar-refractivity contribution in [2.45, 2.75) is 0 Å². The number of rotatable bonds is 3. The minimum absolute atomic E-state index is 0.0577. The first-order valence-electron chi connectivity index (χ1n) is 6.06. The fourth-order valence-electron chi connectivity index (χ4n) is 1.91. The van der Waals surface area contributed by atoms with Gasteiger partial charge in [0.15, 0.2) is 0 Å². The number of hydrogen-bond donors (Lipinski definition) is 1. The maximum Gasteiger partial charge on any atom is 0.254 e. The van der Waals surface area contributed by atoms with Crippen molar-refractivity contribution in [2.24, 2.45) is 0 Å². The average molecular weight is 256 g/mol. The van der Waals surface area contributed by atoms with E-state index in [1.165, 1.54) is 4.90 Å². The zero-order valence-electron chi connectivity index (χ0n) is 11.0. The van der Waals surface area contributed by atoms with Gasteiger partial charge in [0.1, 0.15) is 0 Å². The monoisotopic (exact) mass is 256 g/mol. The summed E-state index contributed by atoms with van der Waals surface area (Å²) in [6.07, 6.45) is 0. The second-order valence-electron chi connectivity index (χ2n) is 4.40. The van der Waals surface area contributed by atoms with Crippen LogP contribution >= 0.6 is 0 Å². The Morgan fingerprint density at radius 2 is 1.79 bits per heavy atom. The summed E-state index contributed by atoms with van der Waals surface area (Å²) in [6, 6.07) is 13.4. The van der Waals surface area contributed by atoms with Crippen LogP contribution in [0.5, 0.6) is 0 Å². The van der Waals surface area contributed by atoms with Gasteiger partial charge in [-0.25, -0.2) is 0 Å². The quantitative estimate of drug-likeness (QED) is 0.908. The molecule has 2 aromatic rings. The Morgan fingerprint density at radius 3 is 2.47 bits per heavy atom. The van der Waals surface area contributed by atoms with E-state index in [4.69, 9.17) is 0 Å². The number of nitrogens with one attached hydrogen (secondary N) is 1. The molecule has 98 valence electrons. The molecule has 0 fully saturated rings. The van der Waals surface area contributed by atoms with E-state index in [2.05, 4.69) is 5.32 Å². The second-order valence-corrected chi connectivity index (χ2v) is 4.40. The molecule has 0 radical (unpaired) electrons. The SMILES string of the molecule is CNC(=O)CN(C)C(=O)c1ccc2ccccc2c1. The lowest BCUT2D eigenvalue weighted by Gasteiger charge is -2.16. The number of amides is 2. The van der Waals surface area contributed by atoms with Crippen molar-refractivity contribution in [2.75, 3.05) is 20.6 Å². The molecule has 4 heteroatoms. The molecule has 0 aliphatic rings. The normalized spacial score (nSPS) is 10.2. The van der Waals surface area contributed by atoms with Crippen molar-refractivity contribution in [1.82, 2.24) is 10.2 Å². The highest BCUT2D eigenvalue weighted by Gasteiger charge is 2.14. The summed E-state index contributed by atoms with van der Waals surface area (Å²) in [6.45, 7) is 0.0577. The van der Waals surface area contributed by atoms with Crippen LogP contribution in [0, 0.1) is 0 Å².